The first kappa shape index (κ1) is 61.6. The van der Waals surface area contributed by atoms with E-state index in [1.807, 2.05) is 0 Å². The summed E-state index contributed by atoms with van der Waals surface area (Å²) in [5.41, 5.74) is 0. The first-order valence-electron chi connectivity index (χ1n) is 27.5. The van der Waals surface area contributed by atoms with E-state index in [2.05, 4.69) is 86.8 Å². The highest BCUT2D eigenvalue weighted by Crippen LogP contribution is 2.18. The highest BCUT2D eigenvalue weighted by atomic mass is 16.5. The molecule has 0 radical (unpaired) electrons. The van der Waals surface area contributed by atoms with Gasteiger partial charge in [-0.1, -0.05) is 223 Å². The minimum Gasteiger partial charge on any atom is -0.462 e. The summed E-state index contributed by atoms with van der Waals surface area (Å²) in [6.07, 6.45) is 64.2. The first-order valence-corrected chi connectivity index (χ1v) is 27.5. The Morgan fingerprint density at radius 3 is 1.23 bits per heavy atom. The minimum atomic E-state index is -0.796. The van der Waals surface area contributed by atoms with E-state index < -0.39 is 18.2 Å². The quantitative estimate of drug-likeness (QED) is 0.0321. The monoisotopic (exact) mass is 896 g/mol. The summed E-state index contributed by atoms with van der Waals surface area (Å²) in [6.45, 7) is 6.43. The molecule has 0 aromatic rings. The molecule has 0 saturated carbocycles. The average Bonchev–Trinajstić information content (AvgIpc) is 3.29. The van der Waals surface area contributed by atoms with Crippen LogP contribution in [0.25, 0.3) is 0 Å². The van der Waals surface area contributed by atoms with E-state index in [0.29, 0.717) is 19.3 Å². The Hall–Kier alpha value is -2.44. The summed E-state index contributed by atoms with van der Waals surface area (Å²) >= 11 is 0. The highest BCUT2D eigenvalue weighted by Gasteiger charge is 2.24. The van der Waals surface area contributed by atoms with Gasteiger partial charge in [0, 0.05) is 6.42 Å². The number of hydrogen-bond donors (Lipinski definition) is 3. The first-order chi connectivity index (χ1) is 31.5. The topological polar surface area (TPSA) is 95.9 Å². The van der Waals surface area contributed by atoms with Gasteiger partial charge in [-0.3, -0.25) is 9.59 Å². The number of allylic oxidation sites excluding steroid dienone is 10. The molecule has 0 heterocycles. The Kier molecular flexibility index (Phi) is 49.6. The number of carbonyl (C=O) groups excluding carboxylic acids is 2. The second-order valence-electron chi connectivity index (χ2n) is 18.6. The molecule has 0 rings (SSSR count). The number of esters is 1. The van der Waals surface area contributed by atoms with Gasteiger partial charge in [0.15, 0.2) is 0 Å². The summed E-state index contributed by atoms with van der Waals surface area (Å²) in [5, 5.41) is 23.8. The smallest absolute Gasteiger partial charge is 0.306 e. The van der Waals surface area contributed by atoms with Crippen molar-refractivity contribution in [3.63, 3.8) is 0 Å². The Labute approximate surface area is 397 Å². The predicted molar refractivity (Wildman–Crippen MR) is 278 cm³/mol. The lowest BCUT2D eigenvalue weighted by Crippen LogP contribution is -2.46. The zero-order chi connectivity index (χ0) is 46.7. The molecule has 0 aliphatic heterocycles. The average molecular weight is 896 g/mol. The number of ether oxygens (including phenoxy) is 1. The van der Waals surface area contributed by atoms with Crippen molar-refractivity contribution in [3.8, 4) is 0 Å². The van der Waals surface area contributed by atoms with Crippen molar-refractivity contribution in [1.82, 2.24) is 5.32 Å². The van der Waals surface area contributed by atoms with E-state index >= 15 is 0 Å². The van der Waals surface area contributed by atoms with Crippen LogP contribution in [0, 0.1) is 0 Å². The molecular formula is C58H105NO5. The number of aliphatic hydroxyl groups is 2. The van der Waals surface area contributed by atoms with Crippen LogP contribution in [-0.2, 0) is 14.3 Å². The van der Waals surface area contributed by atoms with Crippen molar-refractivity contribution < 1.29 is 24.5 Å². The third-order valence-corrected chi connectivity index (χ3v) is 12.3. The van der Waals surface area contributed by atoms with Crippen molar-refractivity contribution >= 4 is 11.9 Å². The molecule has 0 aromatic heterocycles. The van der Waals surface area contributed by atoms with Crippen molar-refractivity contribution in [2.24, 2.45) is 0 Å². The number of unbranched alkanes of at least 4 members (excludes halogenated alkanes) is 27. The second kappa shape index (κ2) is 51.5. The maximum atomic E-state index is 13.2. The predicted octanol–water partition coefficient (Wildman–Crippen LogP) is 16.8. The van der Waals surface area contributed by atoms with Gasteiger partial charge < -0.3 is 20.3 Å². The van der Waals surface area contributed by atoms with Gasteiger partial charge in [0.25, 0.3) is 0 Å². The molecule has 0 aromatic carbocycles. The Bertz CT molecular complexity index is 1140. The summed E-state index contributed by atoms with van der Waals surface area (Å²) in [4.78, 5) is 26.2. The van der Waals surface area contributed by atoms with Crippen molar-refractivity contribution in [2.75, 3.05) is 6.61 Å². The zero-order valence-electron chi connectivity index (χ0n) is 42.4. The lowest BCUT2D eigenvalue weighted by Gasteiger charge is -2.24. The molecule has 0 bridgehead atoms. The molecule has 0 aliphatic carbocycles. The van der Waals surface area contributed by atoms with Crippen molar-refractivity contribution in [2.45, 2.75) is 289 Å². The number of aliphatic hydroxyl groups excluding tert-OH is 2. The van der Waals surface area contributed by atoms with E-state index in [-0.39, 0.29) is 24.9 Å². The van der Waals surface area contributed by atoms with Crippen molar-refractivity contribution in [3.05, 3.63) is 60.8 Å². The van der Waals surface area contributed by atoms with Crippen LogP contribution in [0.5, 0.6) is 0 Å². The molecule has 3 N–H and O–H groups in total. The standard InChI is InChI=1S/C58H105NO5/c1-4-7-10-13-16-19-22-24-26-28-30-32-35-37-40-43-46-49-54(52-57(62)59-55(53-60)56(61)50-47-44-41-38-34-21-18-15-12-9-6-3)64-58(63)51-48-45-42-39-36-33-31-29-27-25-23-20-17-14-11-8-5-2/h16-17,19-20,24-27,30,32,54-56,60-61H,4-15,18,21-23,28-29,31,33-53H2,1-3H3,(H,59,62)/b19-16-,20-17-,26-24-,27-25-,32-30-. The van der Waals surface area contributed by atoms with Gasteiger partial charge in [0.05, 0.1) is 25.2 Å². The molecule has 3 atom stereocenters. The number of carbonyl (C=O) groups is 2. The van der Waals surface area contributed by atoms with Gasteiger partial charge in [-0.2, -0.15) is 0 Å². The molecule has 3 unspecified atom stereocenters. The summed E-state index contributed by atoms with van der Waals surface area (Å²) in [7, 11) is 0. The Balaban J connectivity index is 4.64. The van der Waals surface area contributed by atoms with Gasteiger partial charge >= 0.3 is 5.97 Å². The van der Waals surface area contributed by atoms with Crippen LogP contribution in [0.2, 0.25) is 0 Å². The summed E-state index contributed by atoms with van der Waals surface area (Å²) in [5.74, 6) is -0.500. The summed E-state index contributed by atoms with van der Waals surface area (Å²) < 4.78 is 5.94. The second-order valence-corrected chi connectivity index (χ2v) is 18.6. The fraction of sp³-hybridized carbons (Fsp3) is 0.793. The lowest BCUT2D eigenvalue weighted by molar-refractivity contribution is -0.151. The molecule has 1 amide bonds. The van der Waals surface area contributed by atoms with Crippen LogP contribution in [0.3, 0.4) is 0 Å². The largest absolute Gasteiger partial charge is 0.462 e. The Morgan fingerprint density at radius 2 is 0.797 bits per heavy atom. The third kappa shape index (κ3) is 46.1. The number of amides is 1. The molecule has 0 saturated heterocycles. The SMILES string of the molecule is CCCCC/C=C\C/C=C\C/C=C\CCCCCCC(CC(=O)NC(CO)C(O)CCCCCCCCCCCCC)OC(=O)CCCCCCCCC/C=C\C/C=C\CCCCC. The Morgan fingerprint density at radius 1 is 0.453 bits per heavy atom. The van der Waals surface area contributed by atoms with E-state index in [1.165, 1.54) is 128 Å². The molecule has 372 valence electrons. The van der Waals surface area contributed by atoms with Crippen LogP contribution < -0.4 is 5.32 Å². The fourth-order valence-corrected chi connectivity index (χ4v) is 8.11. The van der Waals surface area contributed by atoms with Crippen LogP contribution in [-0.4, -0.2) is 46.9 Å². The summed E-state index contributed by atoms with van der Waals surface area (Å²) in [6, 6.07) is -0.712. The van der Waals surface area contributed by atoms with Crippen LogP contribution in [0.1, 0.15) is 271 Å². The van der Waals surface area contributed by atoms with Gasteiger partial charge in [-0.05, 0) is 96.3 Å². The number of rotatable bonds is 49. The van der Waals surface area contributed by atoms with Gasteiger partial charge in [-0.25, -0.2) is 0 Å². The normalized spacial score (nSPS) is 13.6. The highest BCUT2D eigenvalue weighted by molar-refractivity contribution is 5.77. The molecule has 0 aliphatic rings. The van der Waals surface area contributed by atoms with Crippen molar-refractivity contribution in [1.29, 1.82) is 0 Å². The van der Waals surface area contributed by atoms with E-state index in [1.54, 1.807) is 0 Å². The van der Waals surface area contributed by atoms with E-state index in [4.69, 9.17) is 4.74 Å². The molecule has 0 spiro atoms. The van der Waals surface area contributed by atoms with E-state index in [9.17, 15) is 19.8 Å². The number of hydrogen-bond acceptors (Lipinski definition) is 5. The van der Waals surface area contributed by atoms with Gasteiger partial charge in [0.1, 0.15) is 6.10 Å². The van der Waals surface area contributed by atoms with Crippen LogP contribution in [0.4, 0.5) is 0 Å². The lowest BCUT2D eigenvalue weighted by atomic mass is 10.0. The molecule has 6 nitrogen and oxygen atoms in total. The zero-order valence-corrected chi connectivity index (χ0v) is 42.4. The number of nitrogens with one attached hydrogen (secondary N) is 1. The van der Waals surface area contributed by atoms with E-state index in [0.717, 1.165) is 96.3 Å². The molecule has 64 heavy (non-hydrogen) atoms. The maximum Gasteiger partial charge on any atom is 0.306 e. The maximum absolute atomic E-state index is 13.2. The minimum absolute atomic E-state index is 0.0588. The van der Waals surface area contributed by atoms with Gasteiger partial charge in [-0.15, -0.1) is 0 Å². The van der Waals surface area contributed by atoms with Crippen LogP contribution >= 0.6 is 0 Å². The third-order valence-electron chi connectivity index (χ3n) is 12.3. The molecule has 6 heteroatoms. The fourth-order valence-electron chi connectivity index (χ4n) is 8.11. The molecular weight excluding hydrogens is 791 g/mol. The molecule has 0 fully saturated rings. The van der Waals surface area contributed by atoms with Gasteiger partial charge in [0.2, 0.25) is 5.91 Å². The van der Waals surface area contributed by atoms with Crippen LogP contribution in [0.15, 0.2) is 60.8 Å².